The standard InChI is InChI=1S/C25H25F2N3O3S/c26-21-11-12-23(27)24(17-21)34(32,33)29-15-13-20(14-16-29)25(31)28-30(22-9-5-2-6-10-22)18-19-7-3-1-4-8-19/h1-12,17,20H,13-16,18H2,(H,28,31). The van der Waals surface area contributed by atoms with Crippen molar-refractivity contribution in [1.29, 1.82) is 0 Å². The monoisotopic (exact) mass is 485 g/mol. The summed E-state index contributed by atoms with van der Waals surface area (Å²) in [5.74, 6) is -2.45. The zero-order valence-corrected chi connectivity index (χ0v) is 19.2. The summed E-state index contributed by atoms with van der Waals surface area (Å²) in [5, 5.41) is 1.77. The van der Waals surface area contributed by atoms with Gasteiger partial charge in [-0.25, -0.2) is 17.2 Å². The number of nitrogens with one attached hydrogen (secondary N) is 1. The molecule has 178 valence electrons. The van der Waals surface area contributed by atoms with Crippen LogP contribution < -0.4 is 10.4 Å². The molecule has 0 atom stereocenters. The number of hydrazine groups is 1. The molecule has 0 aliphatic carbocycles. The molecule has 9 heteroatoms. The third-order valence-corrected chi connectivity index (χ3v) is 7.75. The highest BCUT2D eigenvalue weighted by Crippen LogP contribution is 2.26. The van der Waals surface area contributed by atoms with E-state index in [0.29, 0.717) is 12.6 Å². The van der Waals surface area contributed by atoms with E-state index in [1.54, 1.807) is 5.01 Å². The minimum Gasteiger partial charge on any atom is -0.281 e. The van der Waals surface area contributed by atoms with Gasteiger partial charge in [0, 0.05) is 19.0 Å². The summed E-state index contributed by atoms with van der Waals surface area (Å²) in [6.45, 7) is 0.545. The molecular weight excluding hydrogens is 460 g/mol. The molecule has 0 spiro atoms. The van der Waals surface area contributed by atoms with E-state index >= 15 is 0 Å². The van der Waals surface area contributed by atoms with Crippen molar-refractivity contribution in [2.75, 3.05) is 18.1 Å². The van der Waals surface area contributed by atoms with Gasteiger partial charge in [0.2, 0.25) is 15.9 Å². The maximum atomic E-state index is 14.1. The average molecular weight is 486 g/mol. The number of amides is 1. The Morgan fingerprint density at radius 1 is 0.941 bits per heavy atom. The van der Waals surface area contributed by atoms with Crippen LogP contribution in [0.2, 0.25) is 0 Å². The highest BCUT2D eigenvalue weighted by molar-refractivity contribution is 7.89. The molecule has 3 aromatic rings. The van der Waals surface area contributed by atoms with E-state index in [2.05, 4.69) is 5.43 Å². The lowest BCUT2D eigenvalue weighted by atomic mass is 9.97. The summed E-state index contributed by atoms with van der Waals surface area (Å²) >= 11 is 0. The number of sulfonamides is 1. The molecule has 0 radical (unpaired) electrons. The molecule has 0 aromatic heterocycles. The minimum atomic E-state index is -4.19. The van der Waals surface area contributed by atoms with Crippen molar-refractivity contribution in [2.24, 2.45) is 5.92 Å². The maximum Gasteiger partial charge on any atom is 0.246 e. The topological polar surface area (TPSA) is 69.7 Å². The minimum absolute atomic E-state index is 0.0421. The molecular formula is C25H25F2N3O3S. The number of carbonyl (C=O) groups excluding carboxylic acids is 1. The van der Waals surface area contributed by atoms with Crippen molar-refractivity contribution in [2.45, 2.75) is 24.3 Å². The van der Waals surface area contributed by atoms with Crippen molar-refractivity contribution in [3.8, 4) is 0 Å². The van der Waals surface area contributed by atoms with Crippen LogP contribution in [0.25, 0.3) is 0 Å². The van der Waals surface area contributed by atoms with E-state index < -0.39 is 32.5 Å². The van der Waals surface area contributed by atoms with E-state index in [1.165, 1.54) is 0 Å². The molecule has 0 saturated carbocycles. The maximum absolute atomic E-state index is 14.1. The van der Waals surface area contributed by atoms with Crippen LogP contribution in [0.3, 0.4) is 0 Å². The van der Waals surface area contributed by atoms with Crippen molar-refractivity contribution in [1.82, 2.24) is 9.73 Å². The highest BCUT2D eigenvalue weighted by atomic mass is 32.2. The summed E-state index contributed by atoms with van der Waals surface area (Å²) < 4.78 is 54.3. The largest absolute Gasteiger partial charge is 0.281 e. The average Bonchev–Trinajstić information content (AvgIpc) is 2.86. The zero-order chi connectivity index (χ0) is 24.1. The van der Waals surface area contributed by atoms with Gasteiger partial charge in [0.15, 0.2) is 0 Å². The van der Waals surface area contributed by atoms with Crippen molar-refractivity contribution in [3.63, 3.8) is 0 Å². The molecule has 4 rings (SSSR count). The Hall–Kier alpha value is -3.30. The summed E-state index contributed by atoms with van der Waals surface area (Å²) in [6.07, 6.45) is 0.548. The van der Waals surface area contributed by atoms with Crippen molar-refractivity contribution in [3.05, 3.63) is 96.1 Å². The number of hydrogen-bond donors (Lipinski definition) is 1. The molecule has 0 unspecified atom stereocenters. The molecule has 1 fully saturated rings. The van der Waals surface area contributed by atoms with E-state index in [0.717, 1.165) is 27.7 Å². The fourth-order valence-electron chi connectivity index (χ4n) is 3.97. The van der Waals surface area contributed by atoms with Gasteiger partial charge in [-0.3, -0.25) is 15.2 Å². The molecule has 1 aliphatic rings. The number of nitrogens with zero attached hydrogens (tertiary/aromatic N) is 2. The summed E-state index contributed by atoms with van der Waals surface area (Å²) in [7, 11) is -4.19. The van der Waals surface area contributed by atoms with E-state index in [-0.39, 0.29) is 31.8 Å². The van der Waals surface area contributed by atoms with E-state index in [9.17, 15) is 22.0 Å². The fraction of sp³-hybridized carbons (Fsp3) is 0.240. The van der Waals surface area contributed by atoms with Crippen LogP contribution in [-0.2, 0) is 21.4 Å². The van der Waals surface area contributed by atoms with E-state index in [1.807, 2.05) is 60.7 Å². The summed E-state index contributed by atoms with van der Waals surface area (Å²) in [6, 6.07) is 21.5. The molecule has 3 aromatic carbocycles. The summed E-state index contributed by atoms with van der Waals surface area (Å²) in [4.78, 5) is 12.4. The predicted octanol–water partition coefficient (Wildman–Crippen LogP) is 4.10. The molecule has 1 N–H and O–H groups in total. The molecule has 1 saturated heterocycles. The van der Waals surface area contributed by atoms with Gasteiger partial charge in [-0.2, -0.15) is 4.31 Å². The number of piperidine rings is 1. The van der Waals surface area contributed by atoms with Crippen LogP contribution in [0.1, 0.15) is 18.4 Å². The number of halogens is 2. The normalized spacial score (nSPS) is 15.1. The lowest BCUT2D eigenvalue weighted by Crippen LogP contribution is -2.48. The Balaban J connectivity index is 1.43. The second-order valence-electron chi connectivity index (χ2n) is 8.14. The van der Waals surface area contributed by atoms with Gasteiger partial charge in [0.1, 0.15) is 16.5 Å². The quantitative estimate of drug-likeness (QED) is 0.512. The predicted molar refractivity (Wildman–Crippen MR) is 125 cm³/mol. The second kappa shape index (κ2) is 10.3. The SMILES string of the molecule is O=C(NN(Cc1ccccc1)c1ccccc1)C1CCN(S(=O)(=O)c2cc(F)ccc2F)CC1. The van der Waals surface area contributed by atoms with Crippen LogP contribution in [0.5, 0.6) is 0 Å². The molecule has 1 heterocycles. The third kappa shape index (κ3) is 5.43. The Bertz CT molecular complexity index is 1230. The smallest absolute Gasteiger partial charge is 0.246 e. The first-order valence-electron chi connectivity index (χ1n) is 11.0. The fourth-order valence-corrected chi connectivity index (χ4v) is 5.51. The number of benzene rings is 3. The van der Waals surface area contributed by atoms with Gasteiger partial charge < -0.3 is 0 Å². The van der Waals surface area contributed by atoms with Gasteiger partial charge in [0.25, 0.3) is 0 Å². The van der Waals surface area contributed by atoms with Gasteiger partial charge in [-0.1, -0.05) is 48.5 Å². The van der Waals surface area contributed by atoms with Crippen LogP contribution >= 0.6 is 0 Å². The van der Waals surface area contributed by atoms with Crippen LogP contribution in [0, 0.1) is 17.6 Å². The Morgan fingerprint density at radius 3 is 2.21 bits per heavy atom. The molecule has 6 nitrogen and oxygen atoms in total. The highest BCUT2D eigenvalue weighted by Gasteiger charge is 2.34. The number of hydrogen-bond acceptors (Lipinski definition) is 4. The first kappa shape index (κ1) is 23.8. The van der Waals surface area contributed by atoms with Gasteiger partial charge in [-0.05, 0) is 48.7 Å². The van der Waals surface area contributed by atoms with Crippen molar-refractivity contribution >= 4 is 21.6 Å². The second-order valence-corrected chi connectivity index (χ2v) is 10.0. The Labute approximate surface area is 197 Å². The van der Waals surface area contributed by atoms with Crippen LogP contribution in [0.4, 0.5) is 14.5 Å². The Kier molecular flexibility index (Phi) is 7.23. The Morgan fingerprint density at radius 2 is 1.56 bits per heavy atom. The molecule has 0 bridgehead atoms. The van der Waals surface area contributed by atoms with Gasteiger partial charge in [-0.15, -0.1) is 0 Å². The lowest BCUT2D eigenvalue weighted by Gasteiger charge is -2.33. The van der Waals surface area contributed by atoms with Gasteiger partial charge >= 0.3 is 0 Å². The van der Waals surface area contributed by atoms with Crippen molar-refractivity contribution < 1.29 is 22.0 Å². The molecule has 1 amide bonds. The van der Waals surface area contributed by atoms with Crippen LogP contribution in [-0.4, -0.2) is 31.7 Å². The molecule has 1 aliphatic heterocycles. The lowest BCUT2D eigenvalue weighted by molar-refractivity contribution is -0.126. The molecule has 34 heavy (non-hydrogen) atoms. The number of para-hydroxylation sites is 1. The summed E-state index contributed by atoms with van der Waals surface area (Å²) in [5.41, 5.74) is 4.81. The van der Waals surface area contributed by atoms with Gasteiger partial charge in [0.05, 0.1) is 12.2 Å². The zero-order valence-electron chi connectivity index (χ0n) is 18.4. The first-order valence-corrected chi connectivity index (χ1v) is 12.4. The van der Waals surface area contributed by atoms with E-state index in [4.69, 9.17) is 0 Å². The van der Waals surface area contributed by atoms with Crippen LogP contribution in [0.15, 0.2) is 83.8 Å². The number of carbonyl (C=O) groups is 1. The number of anilines is 1. The third-order valence-electron chi connectivity index (χ3n) is 5.83. The first-order chi connectivity index (χ1) is 16.3. The number of rotatable bonds is 7.